The van der Waals surface area contributed by atoms with E-state index in [1.54, 1.807) is 31.3 Å². The number of esters is 1. The fourth-order valence-electron chi connectivity index (χ4n) is 3.69. The van der Waals surface area contributed by atoms with Gasteiger partial charge in [0.1, 0.15) is 29.7 Å². The average molecular weight is 456 g/mol. The number of nitrogens with zero attached hydrogens (tertiary/aromatic N) is 2. The zero-order chi connectivity index (χ0) is 23.9. The summed E-state index contributed by atoms with van der Waals surface area (Å²) in [5.41, 5.74) is 3.32. The molecule has 0 radical (unpaired) electrons. The molecule has 4 aromatic rings. The van der Waals surface area contributed by atoms with Crippen molar-refractivity contribution in [2.45, 2.75) is 13.5 Å². The number of aromatic nitrogens is 1. The molecule has 1 heterocycles. The van der Waals surface area contributed by atoms with Crippen LogP contribution in [0.25, 0.3) is 16.6 Å². The van der Waals surface area contributed by atoms with Crippen molar-refractivity contribution in [3.63, 3.8) is 0 Å². The average Bonchev–Trinajstić information content (AvgIpc) is 3.26. The molecule has 4 rings (SSSR count). The molecule has 0 fully saturated rings. The molecule has 1 aromatic heterocycles. The van der Waals surface area contributed by atoms with E-state index in [1.165, 1.54) is 7.11 Å². The van der Waals surface area contributed by atoms with E-state index in [0.717, 1.165) is 16.5 Å². The lowest BCUT2D eigenvalue weighted by molar-refractivity contribution is 0.0438. The van der Waals surface area contributed by atoms with Crippen LogP contribution < -0.4 is 9.47 Å². The van der Waals surface area contributed by atoms with Gasteiger partial charge in [0.2, 0.25) is 0 Å². The van der Waals surface area contributed by atoms with E-state index in [9.17, 15) is 10.1 Å². The lowest BCUT2D eigenvalue weighted by atomic mass is 10.1. The molecule has 0 amide bonds. The normalized spacial score (nSPS) is 10.6. The van der Waals surface area contributed by atoms with Crippen molar-refractivity contribution in [2.24, 2.45) is 0 Å². The van der Waals surface area contributed by atoms with Crippen molar-refractivity contribution in [1.29, 1.82) is 5.26 Å². The van der Waals surface area contributed by atoms with Gasteiger partial charge < -0.3 is 23.5 Å². The Morgan fingerprint density at radius 2 is 1.82 bits per heavy atom. The SMILES string of the molecule is CCOC(=O)c1ccc(-n2cc(C#N)c3c(OCc4ccccc4)cccc32)cc1OCOC. The van der Waals surface area contributed by atoms with Crippen molar-refractivity contribution in [1.82, 2.24) is 4.57 Å². The van der Waals surface area contributed by atoms with Crippen LogP contribution in [0.5, 0.6) is 11.5 Å². The number of rotatable bonds is 9. The summed E-state index contributed by atoms with van der Waals surface area (Å²) in [6.45, 7) is 2.36. The number of carbonyl (C=O) groups excluding carboxylic acids is 1. The first-order valence-electron chi connectivity index (χ1n) is 10.8. The summed E-state index contributed by atoms with van der Waals surface area (Å²) in [4.78, 5) is 12.4. The Morgan fingerprint density at radius 1 is 1.00 bits per heavy atom. The zero-order valence-corrected chi connectivity index (χ0v) is 19.0. The molecule has 0 spiro atoms. The summed E-state index contributed by atoms with van der Waals surface area (Å²) < 4.78 is 23.8. The number of benzene rings is 3. The number of ether oxygens (including phenoxy) is 4. The minimum atomic E-state index is -0.480. The maximum atomic E-state index is 12.4. The topological polar surface area (TPSA) is 82.7 Å². The van der Waals surface area contributed by atoms with Gasteiger partial charge in [0.15, 0.2) is 6.79 Å². The van der Waals surface area contributed by atoms with E-state index in [1.807, 2.05) is 53.1 Å². The number of nitriles is 1. The maximum absolute atomic E-state index is 12.4. The van der Waals surface area contributed by atoms with Gasteiger partial charge in [-0.2, -0.15) is 5.26 Å². The molecule has 34 heavy (non-hydrogen) atoms. The molecule has 0 N–H and O–H groups in total. The molecule has 0 aliphatic carbocycles. The monoisotopic (exact) mass is 456 g/mol. The van der Waals surface area contributed by atoms with Crippen LogP contribution in [-0.2, 0) is 16.1 Å². The van der Waals surface area contributed by atoms with Crippen LogP contribution in [0.2, 0.25) is 0 Å². The molecule has 0 aliphatic rings. The predicted octanol–water partition coefficient (Wildman–Crippen LogP) is 5.24. The predicted molar refractivity (Wildman–Crippen MR) is 127 cm³/mol. The van der Waals surface area contributed by atoms with E-state index >= 15 is 0 Å². The van der Waals surface area contributed by atoms with Crippen molar-refractivity contribution in [3.8, 4) is 23.3 Å². The van der Waals surface area contributed by atoms with Crippen molar-refractivity contribution in [3.05, 3.63) is 89.6 Å². The van der Waals surface area contributed by atoms with E-state index in [-0.39, 0.29) is 13.4 Å². The fourth-order valence-corrected chi connectivity index (χ4v) is 3.69. The smallest absolute Gasteiger partial charge is 0.341 e. The number of methoxy groups -OCH3 is 1. The molecule has 0 atom stereocenters. The van der Waals surface area contributed by atoms with E-state index in [0.29, 0.717) is 34.9 Å². The van der Waals surface area contributed by atoms with Gasteiger partial charge in [0.05, 0.1) is 23.1 Å². The lowest BCUT2D eigenvalue weighted by Gasteiger charge is -2.13. The van der Waals surface area contributed by atoms with Crippen LogP contribution in [0, 0.1) is 11.3 Å². The molecule has 0 unspecified atom stereocenters. The van der Waals surface area contributed by atoms with Gasteiger partial charge in [0, 0.05) is 25.1 Å². The highest BCUT2D eigenvalue weighted by atomic mass is 16.7. The van der Waals surface area contributed by atoms with E-state index in [2.05, 4.69) is 6.07 Å². The third kappa shape index (κ3) is 4.72. The number of fused-ring (bicyclic) bond motifs is 1. The van der Waals surface area contributed by atoms with E-state index in [4.69, 9.17) is 18.9 Å². The van der Waals surface area contributed by atoms with Gasteiger partial charge in [-0.15, -0.1) is 0 Å². The van der Waals surface area contributed by atoms with Gasteiger partial charge in [-0.1, -0.05) is 36.4 Å². The molecule has 0 bridgehead atoms. The molecule has 172 valence electrons. The molecule has 7 heteroatoms. The Bertz CT molecular complexity index is 1340. The highest BCUT2D eigenvalue weighted by Crippen LogP contribution is 2.34. The van der Waals surface area contributed by atoms with Crippen molar-refractivity contribution in [2.75, 3.05) is 20.5 Å². The van der Waals surface area contributed by atoms with Gasteiger partial charge in [-0.3, -0.25) is 0 Å². The second-order valence-corrected chi connectivity index (χ2v) is 7.40. The van der Waals surface area contributed by atoms with Crippen molar-refractivity contribution < 1.29 is 23.7 Å². The van der Waals surface area contributed by atoms with Gasteiger partial charge >= 0.3 is 5.97 Å². The lowest BCUT2D eigenvalue weighted by Crippen LogP contribution is -2.10. The third-order valence-corrected chi connectivity index (χ3v) is 5.22. The van der Waals surface area contributed by atoms with Crippen LogP contribution in [0.3, 0.4) is 0 Å². The molecule has 0 saturated carbocycles. The Morgan fingerprint density at radius 3 is 2.56 bits per heavy atom. The molecule has 0 aliphatic heterocycles. The quantitative estimate of drug-likeness (QED) is 0.253. The van der Waals surface area contributed by atoms with Crippen LogP contribution in [0.15, 0.2) is 72.9 Å². The van der Waals surface area contributed by atoms with Crippen LogP contribution in [0.1, 0.15) is 28.4 Å². The molecule has 7 nitrogen and oxygen atoms in total. The minimum absolute atomic E-state index is 0.0246. The second-order valence-electron chi connectivity index (χ2n) is 7.40. The summed E-state index contributed by atoms with van der Waals surface area (Å²) in [6, 6.07) is 22.9. The van der Waals surface area contributed by atoms with E-state index < -0.39 is 5.97 Å². The Kier molecular flexibility index (Phi) is 7.11. The number of carbonyl (C=O) groups is 1. The standard InChI is InChI=1S/C27H24N2O5/c1-3-32-27(30)22-13-12-21(14-25(22)34-18-31-2)29-16-20(15-28)26-23(29)10-7-11-24(26)33-17-19-8-5-4-6-9-19/h4-14,16H,3,17-18H2,1-2H3. The summed E-state index contributed by atoms with van der Waals surface area (Å²) in [5, 5.41) is 10.5. The van der Waals surface area contributed by atoms with Crippen LogP contribution in [0.4, 0.5) is 0 Å². The minimum Gasteiger partial charge on any atom is -0.488 e. The van der Waals surface area contributed by atoms with Crippen molar-refractivity contribution >= 4 is 16.9 Å². The first-order chi connectivity index (χ1) is 16.7. The molecule has 0 saturated heterocycles. The summed E-state index contributed by atoms with van der Waals surface area (Å²) >= 11 is 0. The van der Waals surface area contributed by atoms with Gasteiger partial charge in [-0.25, -0.2) is 4.79 Å². The summed E-state index contributed by atoms with van der Waals surface area (Å²) in [6.07, 6.45) is 1.75. The van der Waals surface area contributed by atoms with Gasteiger partial charge in [0.25, 0.3) is 0 Å². The first kappa shape index (κ1) is 22.9. The largest absolute Gasteiger partial charge is 0.488 e. The molecular formula is C27H24N2O5. The Balaban J connectivity index is 1.76. The number of hydrogen-bond acceptors (Lipinski definition) is 6. The Hall–Kier alpha value is -4.28. The highest BCUT2D eigenvalue weighted by Gasteiger charge is 2.18. The molecular weight excluding hydrogens is 432 g/mol. The Labute approximate surface area is 197 Å². The fraction of sp³-hybridized carbons (Fsp3) is 0.185. The summed E-state index contributed by atoms with van der Waals surface area (Å²) in [5.74, 6) is 0.470. The van der Waals surface area contributed by atoms with Gasteiger partial charge in [-0.05, 0) is 36.8 Å². The highest BCUT2D eigenvalue weighted by molar-refractivity contribution is 5.95. The maximum Gasteiger partial charge on any atom is 0.341 e. The zero-order valence-electron chi connectivity index (χ0n) is 19.0. The third-order valence-electron chi connectivity index (χ3n) is 5.22. The second kappa shape index (κ2) is 10.6. The number of hydrogen-bond donors (Lipinski definition) is 0. The summed E-state index contributed by atoms with van der Waals surface area (Å²) in [7, 11) is 1.50. The van der Waals surface area contributed by atoms with Crippen LogP contribution >= 0.6 is 0 Å². The molecule has 3 aromatic carbocycles. The van der Waals surface area contributed by atoms with Crippen LogP contribution in [-0.4, -0.2) is 31.0 Å². The first-order valence-corrected chi connectivity index (χ1v) is 10.8.